The van der Waals surface area contributed by atoms with Gasteiger partial charge in [-0.1, -0.05) is 60.7 Å². The van der Waals surface area contributed by atoms with Crippen LogP contribution >= 0.6 is 11.3 Å². The molecule has 0 unspecified atom stereocenters. The van der Waals surface area contributed by atoms with Crippen LogP contribution in [0.4, 0.5) is 0 Å². The van der Waals surface area contributed by atoms with Crippen molar-refractivity contribution >= 4 is 34.7 Å². The number of hydrogen-bond donors (Lipinski definition) is 2. The Balaban J connectivity index is 1.64. The molecule has 0 saturated carbocycles. The highest BCUT2D eigenvalue weighted by Gasteiger charge is 2.27. The van der Waals surface area contributed by atoms with Crippen molar-refractivity contribution in [3.8, 4) is 6.07 Å². The molecule has 2 heterocycles. The van der Waals surface area contributed by atoms with Crippen LogP contribution in [-0.4, -0.2) is 17.6 Å². The van der Waals surface area contributed by atoms with E-state index >= 15 is 0 Å². The molecule has 4 rings (SSSR count). The summed E-state index contributed by atoms with van der Waals surface area (Å²) in [5.41, 5.74) is 2.37. The number of nitrogens with one attached hydrogen (secondary N) is 2. The minimum absolute atomic E-state index is 0.0984. The SMILES string of the molecule is N#C/C(C(=O)NCc1ccccc1)=C1/N=C(NC(=O)c2cccs2)c2ccccc21. The molecule has 0 aliphatic carbocycles. The summed E-state index contributed by atoms with van der Waals surface area (Å²) in [7, 11) is 0. The minimum atomic E-state index is -0.513. The van der Waals surface area contributed by atoms with Crippen LogP contribution in [0.2, 0.25) is 0 Å². The number of benzene rings is 2. The Kier molecular flexibility index (Phi) is 5.50. The van der Waals surface area contributed by atoms with Gasteiger partial charge in [0.05, 0.1) is 10.6 Å². The number of carbonyl (C=O) groups is 2. The van der Waals surface area contributed by atoms with Crippen molar-refractivity contribution in [1.82, 2.24) is 10.6 Å². The third-order valence-electron chi connectivity index (χ3n) is 4.51. The van der Waals surface area contributed by atoms with Crippen molar-refractivity contribution in [2.45, 2.75) is 6.54 Å². The van der Waals surface area contributed by atoms with E-state index in [0.717, 1.165) is 5.56 Å². The first-order valence-corrected chi connectivity index (χ1v) is 10.0. The van der Waals surface area contributed by atoms with Crippen LogP contribution in [0.15, 0.2) is 82.7 Å². The molecule has 0 saturated heterocycles. The highest BCUT2D eigenvalue weighted by Crippen LogP contribution is 2.30. The van der Waals surface area contributed by atoms with E-state index in [4.69, 9.17) is 0 Å². The fourth-order valence-electron chi connectivity index (χ4n) is 3.07. The summed E-state index contributed by atoms with van der Waals surface area (Å²) in [6.45, 7) is 0.297. The van der Waals surface area contributed by atoms with E-state index in [1.807, 2.05) is 47.8 Å². The average molecular weight is 412 g/mol. The second-order valence-electron chi connectivity index (χ2n) is 6.44. The molecule has 0 atom stereocenters. The molecular weight excluding hydrogens is 396 g/mol. The average Bonchev–Trinajstić information content (AvgIpc) is 3.43. The number of nitriles is 1. The zero-order valence-electron chi connectivity index (χ0n) is 15.8. The fourth-order valence-corrected chi connectivity index (χ4v) is 3.69. The molecule has 2 aromatic carbocycles. The van der Waals surface area contributed by atoms with Gasteiger partial charge in [0.2, 0.25) is 0 Å². The van der Waals surface area contributed by atoms with Crippen LogP contribution in [0.5, 0.6) is 0 Å². The van der Waals surface area contributed by atoms with E-state index in [9.17, 15) is 14.9 Å². The number of rotatable bonds is 4. The molecule has 0 radical (unpaired) electrons. The van der Waals surface area contributed by atoms with Gasteiger partial charge in [-0.05, 0) is 17.0 Å². The summed E-state index contributed by atoms with van der Waals surface area (Å²) in [4.78, 5) is 30.2. The van der Waals surface area contributed by atoms with E-state index in [2.05, 4.69) is 15.6 Å². The maximum atomic E-state index is 12.7. The number of fused-ring (bicyclic) bond motifs is 1. The molecule has 0 bridgehead atoms. The lowest BCUT2D eigenvalue weighted by Gasteiger charge is -2.06. The number of carbonyl (C=O) groups excluding carboxylic acids is 2. The van der Waals surface area contributed by atoms with E-state index < -0.39 is 5.91 Å². The van der Waals surface area contributed by atoms with Gasteiger partial charge in [-0.2, -0.15) is 5.26 Å². The van der Waals surface area contributed by atoms with Gasteiger partial charge in [-0.15, -0.1) is 11.3 Å². The van der Waals surface area contributed by atoms with Crippen molar-refractivity contribution in [2.75, 3.05) is 0 Å². The van der Waals surface area contributed by atoms with Gasteiger partial charge in [-0.25, -0.2) is 4.99 Å². The molecule has 1 aliphatic heterocycles. The van der Waals surface area contributed by atoms with Crippen LogP contribution in [0, 0.1) is 11.3 Å². The Morgan fingerprint density at radius 1 is 0.967 bits per heavy atom. The Hall–Kier alpha value is -4.02. The third kappa shape index (κ3) is 3.90. The summed E-state index contributed by atoms with van der Waals surface area (Å²) in [5, 5.41) is 17.0. The normalized spacial score (nSPS) is 13.6. The second kappa shape index (κ2) is 8.55. The molecule has 1 aliphatic rings. The summed E-state index contributed by atoms with van der Waals surface area (Å²) < 4.78 is 0. The van der Waals surface area contributed by atoms with Crippen LogP contribution in [-0.2, 0) is 11.3 Å². The smallest absolute Gasteiger partial charge is 0.266 e. The van der Waals surface area contributed by atoms with E-state index in [1.165, 1.54) is 11.3 Å². The highest BCUT2D eigenvalue weighted by atomic mass is 32.1. The zero-order valence-corrected chi connectivity index (χ0v) is 16.6. The lowest BCUT2D eigenvalue weighted by Crippen LogP contribution is -2.29. The number of hydrogen-bond acceptors (Lipinski definition) is 5. The first-order chi connectivity index (χ1) is 14.7. The molecule has 3 aromatic rings. The number of nitrogens with zero attached hydrogens (tertiary/aromatic N) is 2. The maximum absolute atomic E-state index is 12.7. The second-order valence-corrected chi connectivity index (χ2v) is 7.39. The van der Waals surface area contributed by atoms with E-state index in [0.29, 0.717) is 28.4 Å². The molecule has 1 aromatic heterocycles. The molecule has 7 heteroatoms. The summed E-state index contributed by atoms with van der Waals surface area (Å²) in [6.07, 6.45) is 0. The number of thiophene rings is 1. The van der Waals surface area contributed by atoms with Crippen molar-refractivity contribution in [3.63, 3.8) is 0 Å². The standard InChI is InChI=1S/C23H16N4O2S/c24-13-18(22(28)25-14-15-7-2-1-3-8-15)20-16-9-4-5-10-17(16)21(26-20)27-23(29)19-11-6-12-30-19/h1-12H,14H2,(H,25,28)(H,26,27,29)/b20-18-. The van der Waals surface area contributed by atoms with Gasteiger partial charge in [0.25, 0.3) is 11.8 Å². The molecular formula is C23H16N4O2S. The number of amides is 2. The maximum Gasteiger partial charge on any atom is 0.266 e. The lowest BCUT2D eigenvalue weighted by atomic mass is 10.0. The summed E-state index contributed by atoms with van der Waals surface area (Å²) in [5.74, 6) is -0.477. The predicted octanol–water partition coefficient (Wildman–Crippen LogP) is 3.49. The minimum Gasteiger partial charge on any atom is -0.347 e. The monoisotopic (exact) mass is 412 g/mol. The Bertz CT molecular complexity index is 1210. The van der Waals surface area contributed by atoms with Gasteiger partial charge < -0.3 is 10.6 Å². The Morgan fingerprint density at radius 2 is 1.70 bits per heavy atom. The first-order valence-electron chi connectivity index (χ1n) is 9.17. The molecule has 2 N–H and O–H groups in total. The van der Waals surface area contributed by atoms with E-state index in [-0.39, 0.29) is 17.2 Å². The van der Waals surface area contributed by atoms with Gasteiger partial charge in [-0.3, -0.25) is 9.59 Å². The number of aliphatic imine (C=N–C) groups is 1. The third-order valence-corrected chi connectivity index (χ3v) is 5.38. The van der Waals surface area contributed by atoms with Crippen molar-refractivity contribution in [2.24, 2.45) is 4.99 Å². The zero-order chi connectivity index (χ0) is 20.9. The Morgan fingerprint density at radius 3 is 2.40 bits per heavy atom. The van der Waals surface area contributed by atoms with Crippen LogP contribution in [0.1, 0.15) is 26.4 Å². The molecule has 6 nitrogen and oxygen atoms in total. The first kappa shape index (κ1) is 19.3. The van der Waals surface area contributed by atoms with Gasteiger partial charge >= 0.3 is 0 Å². The van der Waals surface area contributed by atoms with Gasteiger partial charge in [0, 0.05) is 17.7 Å². The van der Waals surface area contributed by atoms with Crippen LogP contribution in [0.25, 0.3) is 5.70 Å². The van der Waals surface area contributed by atoms with Gasteiger partial charge in [0.15, 0.2) is 0 Å². The molecule has 2 amide bonds. The van der Waals surface area contributed by atoms with Crippen molar-refractivity contribution in [3.05, 3.63) is 99.3 Å². The van der Waals surface area contributed by atoms with Crippen molar-refractivity contribution in [1.29, 1.82) is 5.26 Å². The van der Waals surface area contributed by atoms with E-state index in [1.54, 1.807) is 30.3 Å². The van der Waals surface area contributed by atoms with Crippen LogP contribution < -0.4 is 10.6 Å². The summed E-state index contributed by atoms with van der Waals surface area (Å²) in [6, 6.07) is 22.1. The largest absolute Gasteiger partial charge is 0.347 e. The lowest BCUT2D eigenvalue weighted by molar-refractivity contribution is -0.117. The van der Waals surface area contributed by atoms with Crippen molar-refractivity contribution < 1.29 is 9.59 Å². The molecule has 0 spiro atoms. The van der Waals surface area contributed by atoms with Crippen LogP contribution in [0.3, 0.4) is 0 Å². The molecule has 0 fully saturated rings. The quantitative estimate of drug-likeness (QED) is 0.507. The Labute approximate surface area is 177 Å². The topological polar surface area (TPSA) is 94.3 Å². The highest BCUT2D eigenvalue weighted by molar-refractivity contribution is 7.12. The molecule has 146 valence electrons. The predicted molar refractivity (Wildman–Crippen MR) is 116 cm³/mol. The summed E-state index contributed by atoms with van der Waals surface area (Å²) >= 11 is 1.32. The fraction of sp³-hybridized carbons (Fsp3) is 0.0435. The number of amidine groups is 1. The van der Waals surface area contributed by atoms with Gasteiger partial charge in [0.1, 0.15) is 17.5 Å². The molecule has 30 heavy (non-hydrogen) atoms.